The summed E-state index contributed by atoms with van der Waals surface area (Å²) < 4.78 is 0. The van der Waals surface area contributed by atoms with Crippen LogP contribution in [0.1, 0.15) is 21.0 Å². The van der Waals surface area contributed by atoms with Gasteiger partial charge in [-0.25, -0.2) is 0 Å². The van der Waals surface area contributed by atoms with E-state index in [1.165, 1.54) is 0 Å². The lowest BCUT2D eigenvalue weighted by atomic mass is 10.2. The zero-order valence-electron chi connectivity index (χ0n) is 10.3. The lowest BCUT2D eigenvalue weighted by Gasteiger charge is -2.05. The summed E-state index contributed by atoms with van der Waals surface area (Å²) in [5, 5.41) is 26.2. The maximum Gasteiger partial charge on any atom is 0.297 e. The first-order valence-electron chi connectivity index (χ1n) is 5.74. The molecule has 1 heterocycles. The molecule has 104 valence electrons. The van der Waals surface area contributed by atoms with E-state index < -0.39 is 5.91 Å². The fraction of sp³-hybridized carbons (Fsp3) is 0.182. The average molecular weight is 276 g/mol. The Morgan fingerprint density at radius 1 is 1.20 bits per heavy atom. The summed E-state index contributed by atoms with van der Waals surface area (Å²) in [7, 11) is 0. The van der Waals surface area contributed by atoms with Gasteiger partial charge >= 0.3 is 0 Å². The minimum Gasteiger partial charge on any atom is -0.395 e. The number of nitrogens with zero attached hydrogens (tertiary/aromatic N) is 3. The highest BCUT2D eigenvalue weighted by atomic mass is 16.3. The second-order valence-corrected chi connectivity index (χ2v) is 3.75. The van der Waals surface area contributed by atoms with E-state index in [0.717, 1.165) is 0 Å². The molecule has 2 aromatic rings. The topological polar surface area (TPSA) is 133 Å². The van der Waals surface area contributed by atoms with Crippen LogP contribution in [0, 0.1) is 0 Å². The normalized spacial score (nSPS) is 10.1. The Kier molecular flexibility index (Phi) is 4.35. The van der Waals surface area contributed by atoms with Crippen molar-refractivity contribution in [2.24, 2.45) is 0 Å². The van der Waals surface area contributed by atoms with Crippen LogP contribution in [0.4, 0.5) is 5.69 Å². The Hall–Kier alpha value is -2.81. The highest BCUT2D eigenvalue weighted by molar-refractivity contribution is 6.01. The van der Waals surface area contributed by atoms with Crippen LogP contribution in [0.3, 0.4) is 0 Å². The second-order valence-electron chi connectivity index (χ2n) is 3.75. The largest absolute Gasteiger partial charge is 0.395 e. The van der Waals surface area contributed by atoms with Crippen LogP contribution in [0.15, 0.2) is 24.3 Å². The summed E-state index contributed by atoms with van der Waals surface area (Å²) in [6.07, 6.45) is 0. The lowest BCUT2D eigenvalue weighted by molar-refractivity contribution is 0.0944. The van der Waals surface area contributed by atoms with Crippen molar-refractivity contribution < 1.29 is 14.7 Å². The number of carbonyl (C=O) groups is 2. The third kappa shape index (κ3) is 3.36. The molecular formula is C11H12N6O3. The molecule has 1 aromatic carbocycles. The van der Waals surface area contributed by atoms with E-state index in [1.54, 1.807) is 24.3 Å². The van der Waals surface area contributed by atoms with Crippen LogP contribution in [-0.2, 0) is 0 Å². The zero-order valence-corrected chi connectivity index (χ0v) is 10.3. The summed E-state index contributed by atoms with van der Waals surface area (Å²) >= 11 is 0. The van der Waals surface area contributed by atoms with Crippen molar-refractivity contribution in [2.75, 3.05) is 18.5 Å². The molecule has 20 heavy (non-hydrogen) atoms. The van der Waals surface area contributed by atoms with Crippen molar-refractivity contribution in [3.05, 3.63) is 35.7 Å². The Labute approximate surface area is 113 Å². The quantitative estimate of drug-likeness (QED) is 0.563. The van der Waals surface area contributed by atoms with Gasteiger partial charge in [-0.15, -0.1) is 10.2 Å². The van der Waals surface area contributed by atoms with Crippen LogP contribution < -0.4 is 10.6 Å². The molecule has 9 heteroatoms. The maximum atomic E-state index is 11.6. The number of tetrazole rings is 1. The van der Waals surface area contributed by atoms with Gasteiger partial charge in [0, 0.05) is 17.8 Å². The van der Waals surface area contributed by atoms with E-state index in [1.807, 2.05) is 0 Å². The van der Waals surface area contributed by atoms with Crippen molar-refractivity contribution in [1.82, 2.24) is 25.9 Å². The molecule has 0 unspecified atom stereocenters. The smallest absolute Gasteiger partial charge is 0.297 e. The van der Waals surface area contributed by atoms with Gasteiger partial charge in [0.15, 0.2) is 0 Å². The van der Waals surface area contributed by atoms with Gasteiger partial charge in [-0.2, -0.15) is 5.21 Å². The number of nitrogens with one attached hydrogen (secondary N) is 3. The summed E-state index contributed by atoms with van der Waals surface area (Å²) in [6.45, 7) is 0.0692. The standard InChI is InChI=1S/C11H12N6O3/c18-6-5-12-10(19)7-1-3-8(4-2-7)13-11(20)9-14-16-17-15-9/h1-4,18H,5-6H2,(H,12,19)(H,13,20)(H,14,15,16,17). The van der Waals surface area contributed by atoms with Crippen molar-refractivity contribution in [1.29, 1.82) is 0 Å². The molecule has 0 radical (unpaired) electrons. The van der Waals surface area contributed by atoms with Crippen molar-refractivity contribution >= 4 is 17.5 Å². The third-order valence-electron chi connectivity index (χ3n) is 2.35. The molecule has 9 nitrogen and oxygen atoms in total. The molecule has 0 aliphatic rings. The number of rotatable bonds is 5. The van der Waals surface area contributed by atoms with Gasteiger partial charge in [0.1, 0.15) is 0 Å². The van der Waals surface area contributed by atoms with Crippen LogP contribution in [0.2, 0.25) is 0 Å². The number of amides is 2. The molecular weight excluding hydrogens is 264 g/mol. The Balaban J connectivity index is 1.98. The van der Waals surface area contributed by atoms with Crippen LogP contribution in [0.25, 0.3) is 0 Å². The Bertz CT molecular complexity index is 581. The predicted octanol–water partition coefficient (Wildman–Crippen LogP) is -0.826. The average Bonchev–Trinajstić information content (AvgIpc) is 3.00. The summed E-state index contributed by atoms with van der Waals surface area (Å²) in [6, 6.07) is 6.26. The molecule has 2 rings (SSSR count). The Morgan fingerprint density at radius 3 is 2.55 bits per heavy atom. The van der Waals surface area contributed by atoms with Crippen molar-refractivity contribution in [3.63, 3.8) is 0 Å². The summed E-state index contributed by atoms with van der Waals surface area (Å²) in [5.41, 5.74) is 0.925. The van der Waals surface area contributed by atoms with E-state index in [4.69, 9.17) is 5.11 Å². The monoisotopic (exact) mass is 276 g/mol. The van der Waals surface area contributed by atoms with E-state index >= 15 is 0 Å². The summed E-state index contributed by atoms with van der Waals surface area (Å²) in [4.78, 5) is 23.2. The molecule has 0 fully saturated rings. The molecule has 0 saturated carbocycles. The van der Waals surface area contributed by atoms with Gasteiger partial charge in [0.25, 0.3) is 17.6 Å². The molecule has 4 N–H and O–H groups in total. The van der Waals surface area contributed by atoms with Gasteiger partial charge in [0.2, 0.25) is 0 Å². The van der Waals surface area contributed by atoms with E-state index in [-0.39, 0.29) is 24.9 Å². The molecule has 0 aliphatic heterocycles. The fourth-order valence-electron chi connectivity index (χ4n) is 1.42. The van der Waals surface area contributed by atoms with E-state index in [0.29, 0.717) is 11.3 Å². The molecule has 0 bridgehead atoms. The number of aromatic amines is 1. The van der Waals surface area contributed by atoms with Crippen LogP contribution in [-0.4, -0.2) is 50.7 Å². The van der Waals surface area contributed by atoms with Crippen molar-refractivity contribution in [3.8, 4) is 0 Å². The fourth-order valence-corrected chi connectivity index (χ4v) is 1.42. The maximum absolute atomic E-state index is 11.6. The number of carbonyl (C=O) groups excluding carboxylic acids is 2. The molecule has 0 aliphatic carbocycles. The number of hydrogen-bond acceptors (Lipinski definition) is 6. The number of benzene rings is 1. The third-order valence-corrected chi connectivity index (χ3v) is 2.35. The van der Waals surface area contributed by atoms with Gasteiger partial charge in [-0.1, -0.05) is 0 Å². The highest BCUT2D eigenvalue weighted by Gasteiger charge is 2.11. The van der Waals surface area contributed by atoms with Gasteiger partial charge in [0.05, 0.1) is 6.61 Å². The SMILES string of the molecule is O=C(NCCO)c1ccc(NC(=O)c2nn[nH]n2)cc1. The lowest BCUT2D eigenvalue weighted by Crippen LogP contribution is -2.26. The summed E-state index contributed by atoms with van der Waals surface area (Å²) in [5.74, 6) is -0.874. The van der Waals surface area contributed by atoms with E-state index in [2.05, 4.69) is 31.3 Å². The van der Waals surface area contributed by atoms with Crippen molar-refractivity contribution in [2.45, 2.75) is 0 Å². The van der Waals surface area contributed by atoms with Gasteiger partial charge in [-0.05, 0) is 29.5 Å². The Morgan fingerprint density at radius 2 is 1.95 bits per heavy atom. The zero-order chi connectivity index (χ0) is 14.4. The first-order valence-corrected chi connectivity index (χ1v) is 5.74. The number of H-pyrrole nitrogens is 1. The van der Waals surface area contributed by atoms with Gasteiger partial charge in [-0.3, -0.25) is 9.59 Å². The van der Waals surface area contributed by atoms with E-state index in [9.17, 15) is 9.59 Å². The number of hydrogen-bond donors (Lipinski definition) is 4. The minimum atomic E-state index is -0.503. The molecule has 0 spiro atoms. The highest BCUT2D eigenvalue weighted by Crippen LogP contribution is 2.10. The molecule has 0 atom stereocenters. The van der Waals surface area contributed by atoms with Crippen LogP contribution >= 0.6 is 0 Å². The van der Waals surface area contributed by atoms with Gasteiger partial charge < -0.3 is 15.7 Å². The first kappa shape index (κ1) is 13.6. The first-order chi connectivity index (χ1) is 9.70. The second kappa shape index (κ2) is 6.38. The number of aliphatic hydroxyl groups is 1. The van der Waals surface area contributed by atoms with Crippen LogP contribution in [0.5, 0.6) is 0 Å². The number of anilines is 1. The number of aliphatic hydroxyl groups excluding tert-OH is 1. The molecule has 0 saturated heterocycles. The number of aromatic nitrogens is 4. The molecule has 2 amide bonds. The molecule has 1 aromatic heterocycles. The minimum absolute atomic E-state index is 0.0743. The predicted molar refractivity (Wildman–Crippen MR) is 68.0 cm³/mol.